The van der Waals surface area contributed by atoms with E-state index >= 15 is 0 Å². The Morgan fingerprint density at radius 3 is 2.79 bits per heavy atom. The third-order valence-corrected chi connectivity index (χ3v) is 3.43. The zero-order valence-corrected chi connectivity index (χ0v) is 14.5. The molecule has 6 heteroatoms. The molecule has 2 aromatic rings. The Morgan fingerprint density at radius 1 is 1.25 bits per heavy atom. The lowest BCUT2D eigenvalue weighted by molar-refractivity contribution is 0.322. The van der Waals surface area contributed by atoms with Crippen molar-refractivity contribution >= 4 is 5.96 Å². The van der Waals surface area contributed by atoms with E-state index < -0.39 is 0 Å². The number of benzene rings is 1. The van der Waals surface area contributed by atoms with Gasteiger partial charge in [0.15, 0.2) is 5.96 Å². The largest absolute Gasteiger partial charge is 0.492 e. The van der Waals surface area contributed by atoms with Crippen molar-refractivity contribution in [2.24, 2.45) is 4.99 Å². The first kappa shape index (κ1) is 17.8. The number of hydrogen-bond donors (Lipinski definition) is 2. The SMILES string of the molecule is CCNC(=NCCCn1ccnc1)NCCOc1ccc(C)cc1. The molecule has 1 aromatic heterocycles. The minimum atomic E-state index is 0.600. The minimum absolute atomic E-state index is 0.600. The van der Waals surface area contributed by atoms with Crippen LogP contribution in [0.4, 0.5) is 0 Å². The third-order valence-electron chi connectivity index (χ3n) is 3.43. The normalized spacial score (nSPS) is 11.3. The topological polar surface area (TPSA) is 63.5 Å². The highest BCUT2D eigenvalue weighted by atomic mass is 16.5. The lowest BCUT2D eigenvalue weighted by atomic mass is 10.2. The monoisotopic (exact) mass is 329 g/mol. The summed E-state index contributed by atoms with van der Waals surface area (Å²) in [5, 5.41) is 6.54. The summed E-state index contributed by atoms with van der Waals surface area (Å²) < 4.78 is 7.77. The van der Waals surface area contributed by atoms with E-state index in [0.29, 0.717) is 13.2 Å². The smallest absolute Gasteiger partial charge is 0.191 e. The van der Waals surface area contributed by atoms with E-state index in [4.69, 9.17) is 4.74 Å². The molecule has 0 atom stereocenters. The van der Waals surface area contributed by atoms with E-state index in [1.165, 1.54) is 5.56 Å². The molecule has 0 aliphatic rings. The Bertz CT molecular complexity index is 592. The maximum atomic E-state index is 5.71. The van der Waals surface area contributed by atoms with Gasteiger partial charge >= 0.3 is 0 Å². The van der Waals surface area contributed by atoms with Gasteiger partial charge in [-0.15, -0.1) is 0 Å². The fourth-order valence-electron chi connectivity index (χ4n) is 2.18. The molecule has 0 aliphatic heterocycles. The van der Waals surface area contributed by atoms with Crippen LogP contribution in [0.25, 0.3) is 0 Å². The van der Waals surface area contributed by atoms with Crippen LogP contribution in [0.3, 0.4) is 0 Å². The maximum Gasteiger partial charge on any atom is 0.191 e. The summed E-state index contributed by atoms with van der Waals surface area (Å²) in [4.78, 5) is 8.61. The fourth-order valence-corrected chi connectivity index (χ4v) is 2.18. The molecule has 6 nitrogen and oxygen atoms in total. The Morgan fingerprint density at radius 2 is 2.08 bits per heavy atom. The van der Waals surface area contributed by atoms with E-state index in [1.807, 2.05) is 24.7 Å². The maximum absolute atomic E-state index is 5.71. The van der Waals surface area contributed by atoms with Crippen molar-refractivity contribution in [3.63, 3.8) is 0 Å². The number of rotatable bonds is 9. The van der Waals surface area contributed by atoms with Crippen molar-refractivity contribution in [3.05, 3.63) is 48.5 Å². The van der Waals surface area contributed by atoms with Gasteiger partial charge in [0.05, 0.1) is 12.9 Å². The Balaban J connectivity index is 1.65. The van der Waals surface area contributed by atoms with Crippen LogP contribution in [0.15, 0.2) is 48.0 Å². The second kappa shape index (κ2) is 10.3. The van der Waals surface area contributed by atoms with Crippen molar-refractivity contribution < 1.29 is 4.74 Å². The quantitative estimate of drug-likeness (QED) is 0.421. The first-order chi connectivity index (χ1) is 11.8. The summed E-state index contributed by atoms with van der Waals surface area (Å²) in [6, 6.07) is 8.08. The van der Waals surface area contributed by atoms with Crippen LogP contribution in [-0.4, -0.2) is 41.8 Å². The molecule has 1 heterocycles. The van der Waals surface area contributed by atoms with Gasteiger partial charge in [-0.1, -0.05) is 17.7 Å². The average Bonchev–Trinajstić information content (AvgIpc) is 3.10. The first-order valence-electron chi connectivity index (χ1n) is 8.45. The van der Waals surface area contributed by atoms with Gasteiger partial charge in [-0.2, -0.15) is 0 Å². The van der Waals surface area contributed by atoms with Gasteiger partial charge in [0.2, 0.25) is 0 Å². The fraction of sp³-hybridized carbons (Fsp3) is 0.444. The summed E-state index contributed by atoms with van der Waals surface area (Å²) in [6.07, 6.45) is 6.57. The minimum Gasteiger partial charge on any atom is -0.492 e. The van der Waals surface area contributed by atoms with Gasteiger partial charge in [0.25, 0.3) is 0 Å². The molecule has 0 bridgehead atoms. The molecular weight excluding hydrogens is 302 g/mol. The molecule has 0 radical (unpaired) electrons. The van der Waals surface area contributed by atoms with Crippen LogP contribution in [0, 0.1) is 6.92 Å². The Kier molecular flexibility index (Phi) is 7.67. The molecule has 0 aliphatic carbocycles. The molecule has 2 N–H and O–H groups in total. The molecule has 0 amide bonds. The van der Waals surface area contributed by atoms with Crippen LogP contribution in [0.2, 0.25) is 0 Å². The van der Waals surface area contributed by atoms with Crippen LogP contribution < -0.4 is 15.4 Å². The number of ether oxygens (including phenoxy) is 1. The van der Waals surface area contributed by atoms with Crippen molar-refractivity contribution in [2.75, 3.05) is 26.2 Å². The zero-order valence-electron chi connectivity index (χ0n) is 14.5. The van der Waals surface area contributed by atoms with Crippen molar-refractivity contribution in [2.45, 2.75) is 26.8 Å². The van der Waals surface area contributed by atoms with Gasteiger partial charge < -0.3 is 19.9 Å². The summed E-state index contributed by atoms with van der Waals surface area (Å²) in [6.45, 7) is 7.98. The number of nitrogens with zero attached hydrogens (tertiary/aromatic N) is 3. The number of aromatic nitrogens is 2. The van der Waals surface area contributed by atoms with Gasteiger partial charge in [0, 0.05) is 32.0 Å². The number of hydrogen-bond acceptors (Lipinski definition) is 3. The number of aliphatic imine (C=N–C) groups is 1. The lowest BCUT2D eigenvalue weighted by Crippen LogP contribution is -2.39. The highest BCUT2D eigenvalue weighted by Crippen LogP contribution is 2.10. The second-order valence-electron chi connectivity index (χ2n) is 5.50. The highest BCUT2D eigenvalue weighted by molar-refractivity contribution is 5.79. The van der Waals surface area contributed by atoms with Crippen molar-refractivity contribution in [3.8, 4) is 5.75 Å². The average molecular weight is 329 g/mol. The molecule has 0 spiro atoms. The van der Waals surface area contributed by atoms with E-state index in [0.717, 1.165) is 37.8 Å². The summed E-state index contributed by atoms with van der Waals surface area (Å²) in [5.74, 6) is 1.72. The predicted molar refractivity (Wildman–Crippen MR) is 97.5 cm³/mol. The zero-order chi connectivity index (χ0) is 17.0. The van der Waals surface area contributed by atoms with Gasteiger partial charge in [-0.3, -0.25) is 4.99 Å². The number of nitrogens with one attached hydrogen (secondary N) is 2. The van der Waals surface area contributed by atoms with E-state index in [1.54, 1.807) is 6.20 Å². The number of imidazole rings is 1. The van der Waals surface area contributed by atoms with Crippen molar-refractivity contribution in [1.82, 2.24) is 20.2 Å². The molecule has 24 heavy (non-hydrogen) atoms. The molecule has 0 unspecified atom stereocenters. The lowest BCUT2D eigenvalue weighted by Gasteiger charge is -2.12. The van der Waals surface area contributed by atoms with Crippen LogP contribution in [0.1, 0.15) is 18.9 Å². The molecule has 0 fully saturated rings. The second-order valence-corrected chi connectivity index (χ2v) is 5.50. The van der Waals surface area contributed by atoms with Crippen LogP contribution in [0.5, 0.6) is 5.75 Å². The summed E-state index contributed by atoms with van der Waals surface area (Å²) in [7, 11) is 0. The molecule has 0 saturated heterocycles. The number of guanidine groups is 1. The Labute approximate surface area is 144 Å². The number of aryl methyl sites for hydroxylation is 2. The Hall–Kier alpha value is -2.50. The van der Waals surface area contributed by atoms with E-state index in [-0.39, 0.29) is 0 Å². The highest BCUT2D eigenvalue weighted by Gasteiger charge is 1.98. The summed E-state index contributed by atoms with van der Waals surface area (Å²) >= 11 is 0. The predicted octanol–water partition coefficient (Wildman–Crippen LogP) is 2.22. The van der Waals surface area contributed by atoms with E-state index in [9.17, 15) is 0 Å². The van der Waals surface area contributed by atoms with Crippen LogP contribution in [-0.2, 0) is 6.54 Å². The molecule has 130 valence electrons. The van der Waals surface area contributed by atoms with Gasteiger partial charge in [-0.25, -0.2) is 4.98 Å². The first-order valence-corrected chi connectivity index (χ1v) is 8.45. The molecule has 2 rings (SSSR count). The molecule has 1 aromatic carbocycles. The van der Waals surface area contributed by atoms with Gasteiger partial charge in [0.1, 0.15) is 12.4 Å². The molecule has 0 saturated carbocycles. The van der Waals surface area contributed by atoms with Crippen LogP contribution >= 0.6 is 0 Å². The molecular formula is C18H27N5O. The standard InChI is InChI=1S/C18H27N5O/c1-3-20-18(21-9-4-12-23-13-10-19-15-23)22-11-14-24-17-7-5-16(2)6-8-17/h5-8,10,13,15H,3-4,9,11-12,14H2,1-2H3,(H2,20,21,22). The summed E-state index contributed by atoms with van der Waals surface area (Å²) in [5.41, 5.74) is 1.23. The van der Waals surface area contributed by atoms with Crippen molar-refractivity contribution in [1.29, 1.82) is 0 Å². The van der Waals surface area contributed by atoms with Gasteiger partial charge in [-0.05, 0) is 32.4 Å². The van der Waals surface area contributed by atoms with E-state index in [2.05, 4.69) is 51.2 Å². The third kappa shape index (κ3) is 6.73.